The SMILES string of the molecule is CC1C[C@](C)(O)CC(O)O1. The number of aliphatic hydroxyl groups is 2. The van der Waals surface area contributed by atoms with E-state index in [2.05, 4.69) is 0 Å². The van der Waals surface area contributed by atoms with Gasteiger partial charge in [-0.1, -0.05) is 0 Å². The summed E-state index contributed by atoms with van der Waals surface area (Å²) in [6, 6.07) is 0. The Balaban J connectivity index is 2.51. The molecule has 2 N–H and O–H groups in total. The van der Waals surface area contributed by atoms with Crippen molar-refractivity contribution in [2.24, 2.45) is 0 Å². The molecule has 0 aromatic heterocycles. The number of aliphatic hydroxyl groups excluding tert-OH is 1. The molecule has 0 saturated carbocycles. The first kappa shape index (κ1) is 7.98. The molecule has 0 spiro atoms. The lowest BCUT2D eigenvalue weighted by Gasteiger charge is -2.35. The summed E-state index contributed by atoms with van der Waals surface area (Å²) in [4.78, 5) is 0. The van der Waals surface area contributed by atoms with Gasteiger partial charge in [-0.2, -0.15) is 0 Å². The fourth-order valence-electron chi connectivity index (χ4n) is 1.44. The second-order valence-electron chi connectivity index (χ2n) is 3.31. The molecule has 3 nitrogen and oxygen atoms in total. The first-order valence-electron chi connectivity index (χ1n) is 3.55. The lowest BCUT2D eigenvalue weighted by Crippen LogP contribution is -2.41. The van der Waals surface area contributed by atoms with Gasteiger partial charge in [0.1, 0.15) is 0 Å². The third kappa shape index (κ3) is 1.94. The third-order valence-electron chi connectivity index (χ3n) is 1.73. The molecule has 60 valence electrons. The van der Waals surface area contributed by atoms with Crippen LogP contribution in [0.5, 0.6) is 0 Å². The van der Waals surface area contributed by atoms with E-state index in [1.807, 2.05) is 6.92 Å². The average molecular weight is 146 g/mol. The van der Waals surface area contributed by atoms with Crippen LogP contribution in [0.1, 0.15) is 26.7 Å². The maximum atomic E-state index is 9.48. The van der Waals surface area contributed by atoms with Gasteiger partial charge in [0.05, 0.1) is 11.7 Å². The van der Waals surface area contributed by atoms with Crippen molar-refractivity contribution < 1.29 is 14.9 Å². The number of hydrogen-bond donors (Lipinski definition) is 2. The average Bonchev–Trinajstić information content (AvgIpc) is 1.54. The Bertz CT molecular complexity index is 110. The second-order valence-corrected chi connectivity index (χ2v) is 3.31. The molecule has 1 rings (SSSR count). The molecular weight excluding hydrogens is 132 g/mol. The van der Waals surface area contributed by atoms with Gasteiger partial charge in [0, 0.05) is 12.8 Å². The molecule has 0 aromatic rings. The molecule has 2 unspecified atom stereocenters. The predicted octanol–water partition coefficient (Wildman–Crippen LogP) is 0.255. The molecule has 1 aliphatic heterocycles. The number of ether oxygens (including phenoxy) is 1. The van der Waals surface area contributed by atoms with Gasteiger partial charge in [0.2, 0.25) is 0 Å². The Morgan fingerprint density at radius 3 is 2.50 bits per heavy atom. The molecule has 0 aliphatic carbocycles. The number of rotatable bonds is 0. The minimum absolute atomic E-state index is 0.0428. The van der Waals surface area contributed by atoms with E-state index in [1.54, 1.807) is 6.92 Å². The fourth-order valence-corrected chi connectivity index (χ4v) is 1.44. The van der Waals surface area contributed by atoms with Gasteiger partial charge < -0.3 is 14.9 Å². The second kappa shape index (κ2) is 2.49. The minimum atomic E-state index is -0.793. The van der Waals surface area contributed by atoms with Crippen LogP contribution in [0.3, 0.4) is 0 Å². The van der Waals surface area contributed by atoms with E-state index in [0.29, 0.717) is 12.8 Å². The van der Waals surface area contributed by atoms with Gasteiger partial charge in [-0.25, -0.2) is 0 Å². The summed E-state index contributed by atoms with van der Waals surface area (Å²) in [6.07, 6.45) is 0.0824. The predicted molar refractivity (Wildman–Crippen MR) is 36.4 cm³/mol. The van der Waals surface area contributed by atoms with E-state index in [-0.39, 0.29) is 6.10 Å². The maximum absolute atomic E-state index is 9.48. The highest BCUT2D eigenvalue weighted by atomic mass is 16.6. The smallest absolute Gasteiger partial charge is 0.157 e. The Kier molecular flexibility index (Phi) is 1.99. The molecular formula is C7H14O3. The number of hydrogen-bond acceptors (Lipinski definition) is 3. The van der Waals surface area contributed by atoms with Gasteiger partial charge in [-0.15, -0.1) is 0 Å². The molecule has 1 heterocycles. The fraction of sp³-hybridized carbons (Fsp3) is 1.00. The van der Waals surface area contributed by atoms with Crippen molar-refractivity contribution in [2.45, 2.75) is 44.7 Å². The van der Waals surface area contributed by atoms with Crippen molar-refractivity contribution in [3.8, 4) is 0 Å². The molecule has 3 heteroatoms. The zero-order valence-electron chi connectivity index (χ0n) is 6.37. The lowest BCUT2D eigenvalue weighted by molar-refractivity contribution is -0.208. The summed E-state index contributed by atoms with van der Waals surface area (Å²) < 4.78 is 5.02. The molecule has 0 aromatic carbocycles. The van der Waals surface area contributed by atoms with E-state index in [9.17, 15) is 5.11 Å². The summed E-state index contributed by atoms with van der Waals surface area (Å²) in [7, 11) is 0. The van der Waals surface area contributed by atoms with Crippen molar-refractivity contribution >= 4 is 0 Å². The van der Waals surface area contributed by atoms with Crippen molar-refractivity contribution in [2.75, 3.05) is 0 Å². The molecule has 0 amide bonds. The zero-order chi connectivity index (χ0) is 7.78. The van der Waals surface area contributed by atoms with Gasteiger partial charge >= 0.3 is 0 Å². The topological polar surface area (TPSA) is 49.7 Å². The maximum Gasteiger partial charge on any atom is 0.157 e. The summed E-state index contributed by atoms with van der Waals surface area (Å²) >= 11 is 0. The van der Waals surface area contributed by atoms with Crippen LogP contribution in [0.25, 0.3) is 0 Å². The highest BCUT2D eigenvalue weighted by molar-refractivity contribution is 4.80. The monoisotopic (exact) mass is 146 g/mol. The zero-order valence-corrected chi connectivity index (χ0v) is 6.37. The molecule has 10 heavy (non-hydrogen) atoms. The van der Waals surface area contributed by atoms with E-state index in [1.165, 1.54) is 0 Å². The first-order chi connectivity index (χ1) is 4.49. The van der Waals surface area contributed by atoms with Crippen molar-refractivity contribution in [3.05, 3.63) is 0 Å². The van der Waals surface area contributed by atoms with E-state index in [4.69, 9.17) is 9.84 Å². The summed E-state index contributed by atoms with van der Waals surface area (Å²) in [5.41, 5.74) is -0.753. The molecule has 3 atom stereocenters. The van der Waals surface area contributed by atoms with Gasteiger partial charge in [0.15, 0.2) is 6.29 Å². The Morgan fingerprint density at radius 2 is 2.10 bits per heavy atom. The van der Waals surface area contributed by atoms with Crippen LogP contribution >= 0.6 is 0 Å². The highest BCUT2D eigenvalue weighted by Crippen LogP contribution is 2.26. The molecule has 0 bridgehead atoms. The van der Waals surface area contributed by atoms with Gasteiger partial charge in [-0.05, 0) is 13.8 Å². The summed E-state index contributed by atoms with van der Waals surface area (Å²) in [5, 5.41) is 18.5. The van der Waals surface area contributed by atoms with Crippen molar-refractivity contribution in [3.63, 3.8) is 0 Å². The molecule has 1 saturated heterocycles. The Labute approximate surface area is 60.6 Å². The molecule has 0 radical (unpaired) electrons. The van der Waals surface area contributed by atoms with Crippen LogP contribution in [0.2, 0.25) is 0 Å². The van der Waals surface area contributed by atoms with Gasteiger partial charge in [-0.3, -0.25) is 0 Å². The Morgan fingerprint density at radius 1 is 1.50 bits per heavy atom. The minimum Gasteiger partial charge on any atom is -0.390 e. The molecule has 1 aliphatic rings. The van der Waals surface area contributed by atoms with E-state index < -0.39 is 11.9 Å². The van der Waals surface area contributed by atoms with Gasteiger partial charge in [0.25, 0.3) is 0 Å². The largest absolute Gasteiger partial charge is 0.390 e. The normalized spacial score (nSPS) is 49.2. The van der Waals surface area contributed by atoms with Crippen molar-refractivity contribution in [1.82, 2.24) is 0 Å². The highest BCUT2D eigenvalue weighted by Gasteiger charge is 2.33. The van der Waals surface area contributed by atoms with E-state index in [0.717, 1.165) is 0 Å². The lowest BCUT2D eigenvalue weighted by atomic mass is 9.92. The van der Waals surface area contributed by atoms with Crippen LogP contribution < -0.4 is 0 Å². The van der Waals surface area contributed by atoms with Crippen molar-refractivity contribution in [1.29, 1.82) is 0 Å². The van der Waals surface area contributed by atoms with Crippen LogP contribution in [0, 0.1) is 0 Å². The summed E-state index contributed by atoms with van der Waals surface area (Å²) in [6.45, 7) is 3.56. The van der Waals surface area contributed by atoms with Crippen LogP contribution in [0.4, 0.5) is 0 Å². The first-order valence-corrected chi connectivity index (χ1v) is 3.55. The van der Waals surface area contributed by atoms with Crippen LogP contribution in [0.15, 0.2) is 0 Å². The molecule has 1 fully saturated rings. The standard InChI is InChI=1S/C7H14O3/c1-5-3-7(2,9)4-6(8)10-5/h5-6,8-9H,3-4H2,1-2H3/t5?,6?,7-/m0/s1. The Hall–Kier alpha value is -0.120. The third-order valence-corrected chi connectivity index (χ3v) is 1.73. The van der Waals surface area contributed by atoms with Crippen LogP contribution in [-0.4, -0.2) is 28.2 Å². The van der Waals surface area contributed by atoms with E-state index >= 15 is 0 Å². The quantitative estimate of drug-likeness (QED) is 0.515. The summed E-state index contributed by atoms with van der Waals surface area (Å²) in [5.74, 6) is 0. The van der Waals surface area contributed by atoms with Crippen LogP contribution in [-0.2, 0) is 4.74 Å².